The highest BCUT2D eigenvalue weighted by Gasteiger charge is 2.08. The van der Waals surface area contributed by atoms with E-state index >= 15 is 0 Å². The van der Waals surface area contributed by atoms with Crippen molar-refractivity contribution >= 4 is 27.3 Å². The van der Waals surface area contributed by atoms with Crippen LogP contribution in [0.4, 0.5) is 0 Å². The predicted molar refractivity (Wildman–Crippen MR) is 64.5 cm³/mol. The fraction of sp³-hybridized carbons (Fsp3) is 0.0909. The van der Waals surface area contributed by atoms with Gasteiger partial charge in [-0.05, 0) is 40.1 Å². The van der Waals surface area contributed by atoms with E-state index in [0.717, 1.165) is 10.0 Å². The van der Waals surface area contributed by atoms with Gasteiger partial charge in [-0.2, -0.15) is 11.3 Å². The van der Waals surface area contributed by atoms with Crippen molar-refractivity contribution in [3.05, 3.63) is 56.7 Å². The van der Waals surface area contributed by atoms with Crippen LogP contribution in [-0.4, -0.2) is 0 Å². The van der Waals surface area contributed by atoms with Gasteiger partial charge in [0.25, 0.3) is 0 Å². The zero-order valence-electron chi connectivity index (χ0n) is 7.48. The summed E-state index contributed by atoms with van der Waals surface area (Å²) in [5, 5.41) is 4.14. The summed E-state index contributed by atoms with van der Waals surface area (Å²) in [5.41, 5.74) is 8.43. The molecule has 0 aliphatic heterocycles. The molecule has 0 saturated carbocycles. The summed E-state index contributed by atoms with van der Waals surface area (Å²) in [6.45, 7) is 0. The van der Waals surface area contributed by atoms with E-state index in [4.69, 9.17) is 5.73 Å². The van der Waals surface area contributed by atoms with E-state index in [1.54, 1.807) is 11.3 Å². The molecule has 0 spiro atoms. The lowest BCUT2D eigenvalue weighted by atomic mass is 10.0. The van der Waals surface area contributed by atoms with Crippen LogP contribution in [0.3, 0.4) is 0 Å². The summed E-state index contributed by atoms with van der Waals surface area (Å²) >= 11 is 5.12. The zero-order chi connectivity index (χ0) is 9.97. The van der Waals surface area contributed by atoms with Crippen LogP contribution in [0, 0.1) is 0 Å². The Morgan fingerprint density at radius 3 is 2.71 bits per heavy atom. The van der Waals surface area contributed by atoms with E-state index in [0.29, 0.717) is 0 Å². The van der Waals surface area contributed by atoms with Crippen LogP contribution in [-0.2, 0) is 0 Å². The third kappa shape index (κ3) is 2.05. The standard InChI is InChI=1S/C11H10BrNS/c12-10-3-1-2-8(6-10)11(13)9-4-5-14-7-9/h1-7,11H,13H2/t11-/m1/s1. The lowest BCUT2D eigenvalue weighted by Crippen LogP contribution is -2.10. The first-order valence-electron chi connectivity index (χ1n) is 4.30. The molecule has 0 aliphatic rings. The average molecular weight is 268 g/mol. The SMILES string of the molecule is N[C@@H](c1ccsc1)c1cccc(Br)c1. The number of hydrogen-bond donors (Lipinski definition) is 1. The van der Waals surface area contributed by atoms with Crippen molar-refractivity contribution in [3.63, 3.8) is 0 Å². The molecule has 0 fully saturated rings. The quantitative estimate of drug-likeness (QED) is 0.885. The molecule has 0 amide bonds. The molecular formula is C11H10BrNS. The highest BCUT2D eigenvalue weighted by atomic mass is 79.9. The van der Waals surface area contributed by atoms with Crippen LogP contribution in [0.15, 0.2) is 45.6 Å². The van der Waals surface area contributed by atoms with Crippen molar-refractivity contribution in [3.8, 4) is 0 Å². The Labute approximate surface area is 95.7 Å². The van der Waals surface area contributed by atoms with Gasteiger partial charge in [0.05, 0.1) is 6.04 Å². The normalized spacial score (nSPS) is 12.7. The molecule has 1 aromatic heterocycles. The molecule has 3 heteroatoms. The highest BCUT2D eigenvalue weighted by molar-refractivity contribution is 9.10. The number of rotatable bonds is 2. The smallest absolute Gasteiger partial charge is 0.0560 e. The second-order valence-electron chi connectivity index (χ2n) is 3.09. The summed E-state index contributed by atoms with van der Waals surface area (Å²) in [4.78, 5) is 0. The second-order valence-corrected chi connectivity index (χ2v) is 4.79. The van der Waals surface area contributed by atoms with E-state index in [9.17, 15) is 0 Å². The lowest BCUT2D eigenvalue weighted by molar-refractivity contribution is 0.876. The molecule has 0 saturated heterocycles. The van der Waals surface area contributed by atoms with Crippen LogP contribution in [0.1, 0.15) is 17.2 Å². The third-order valence-electron chi connectivity index (χ3n) is 2.11. The van der Waals surface area contributed by atoms with Crippen LogP contribution < -0.4 is 5.73 Å². The zero-order valence-corrected chi connectivity index (χ0v) is 9.88. The molecule has 1 atom stereocenters. The van der Waals surface area contributed by atoms with Gasteiger partial charge in [0.2, 0.25) is 0 Å². The van der Waals surface area contributed by atoms with Crippen molar-refractivity contribution in [1.29, 1.82) is 0 Å². The first kappa shape index (κ1) is 9.90. The Balaban J connectivity index is 2.32. The number of nitrogens with two attached hydrogens (primary N) is 1. The predicted octanol–water partition coefficient (Wildman–Crippen LogP) is 3.56. The summed E-state index contributed by atoms with van der Waals surface area (Å²) in [5.74, 6) is 0. The molecule has 0 bridgehead atoms. The molecule has 0 aliphatic carbocycles. The minimum atomic E-state index is -0.0150. The summed E-state index contributed by atoms with van der Waals surface area (Å²) in [7, 11) is 0. The van der Waals surface area contributed by atoms with E-state index < -0.39 is 0 Å². The van der Waals surface area contributed by atoms with Crippen LogP contribution in [0.2, 0.25) is 0 Å². The van der Waals surface area contributed by atoms with Crippen molar-refractivity contribution in [2.45, 2.75) is 6.04 Å². The average Bonchev–Trinajstić information content (AvgIpc) is 2.69. The number of halogens is 1. The molecule has 72 valence electrons. The van der Waals surface area contributed by atoms with E-state index in [1.165, 1.54) is 5.56 Å². The molecule has 1 nitrogen and oxygen atoms in total. The van der Waals surface area contributed by atoms with Gasteiger partial charge in [0.1, 0.15) is 0 Å². The fourth-order valence-corrected chi connectivity index (χ4v) is 2.46. The Kier molecular flexibility index (Phi) is 3.01. The molecular weight excluding hydrogens is 258 g/mol. The van der Waals surface area contributed by atoms with Gasteiger partial charge < -0.3 is 5.73 Å². The maximum absolute atomic E-state index is 6.12. The lowest BCUT2D eigenvalue weighted by Gasteiger charge is -2.10. The molecule has 1 aromatic carbocycles. The van der Waals surface area contributed by atoms with Crippen LogP contribution in [0.5, 0.6) is 0 Å². The first-order valence-corrected chi connectivity index (χ1v) is 6.04. The molecule has 2 N–H and O–H groups in total. The van der Waals surface area contributed by atoms with Gasteiger partial charge in [-0.3, -0.25) is 0 Å². The second kappa shape index (κ2) is 4.26. The molecule has 2 rings (SSSR count). The van der Waals surface area contributed by atoms with Crippen LogP contribution >= 0.6 is 27.3 Å². The van der Waals surface area contributed by atoms with Gasteiger partial charge in [0, 0.05) is 4.47 Å². The molecule has 0 radical (unpaired) electrons. The Bertz CT molecular complexity index is 411. The minimum absolute atomic E-state index is 0.0150. The number of hydrogen-bond acceptors (Lipinski definition) is 2. The molecule has 0 unspecified atom stereocenters. The Hall–Kier alpha value is -0.640. The van der Waals surface area contributed by atoms with E-state index in [1.807, 2.05) is 23.6 Å². The van der Waals surface area contributed by atoms with Gasteiger partial charge in [-0.25, -0.2) is 0 Å². The van der Waals surface area contributed by atoms with Crippen molar-refractivity contribution in [1.82, 2.24) is 0 Å². The fourth-order valence-electron chi connectivity index (χ4n) is 1.34. The van der Waals surface area contributed by atoms with Gasteiger partial charge in [-0.15, -0.1) is 0 Å². The highest BCUT2D eigenvalue weighted by Crippen LogP contribution is 2.23. The number of benzene rings is 1. The van der Waals surface area contributed by atoms with E-state index in [2.05, 4.69) is 33.4 Å². The van der Waals surface area contributed by atoms with Crippen LogP contribution in [0.25, 0.3) is 0 Å². The molecule has 14 heavy (non-hydrogen) atoms. The van der Waals surface area contributed by atoms with Gasteiger partial charge in [0.15, 0.2) is 0 Å². The minimum Gasteiger partial charge on any atom is -0.320 e. The Morgan fingerprint density at radius 1 is 1.21 bits per heavy atom. The molecule has 1 heterocycles. The van der Waals surface area contributed by atoms with Gasteiger partial charge in [-0.1, -0.05) is 28.1 Å². The first-order chi connectivity index (χ1) is 6.77. The van der Waals surface area contributed by atoms with Crippen molar-refractivity contribution in [2.24, 2.45) is 5.73 Å². The summed E-state index contributed by atoms with van der Waals surface area (Å²) < 4.78 is 1.07. The topological polar surface area (TPSA) is 26.0 Å². The number of thiophene rings is 1. The monoisotopic (exact) mass is 267 g/mol. The maximum atomic E-state index is 6.12. The third-order valence-corrected chi connectivity index (χ3v) is 3.30. The van der Waals surface area contributed by atoms with Crippen molar-refractivity contribution < 1.29 is 0 Å². The summed E-state index contributed by atoms with van der Waals surface area (Å²) in [6.07, 6.45) is 0. The largest absolute Gasteiger partial charge is 0.320 e. The Morgan fingerprint density at radius 2 is 2.07 bits per heavy atom. The maximum Gasteiger partial charge on any atom is 0.0560 e. The van der Waals surface area contributed by atoms with E-state index in [-0.39, 0.29) is 6.04 Å². The summed E-state index contributed by atoms with van der Waals surface area (Å²) in [6, 6.07) is 10.2. The van der Waals surface area contributed by atoms with Crippen molar-refractivity contribution in [2.75, 3.05) is 0 Å². The molecule has 2 aromatic rings. The van der Waals surface area contributed by atoms with Gasteiger partial charge >= 0.3 is 0 Å².